The van der Waals surface area contributed by atoms with Crippen LogP contribution < -0.4 is 5.32 Å². The monoisotopic (exact) mass is 267 g/mol. The lowest BCUT2D eigenvalue weighted by Crippen LogP contribution is -2.56. The summed E-state index contributed by atoms with van der Waals surface area (Å²) in [5, 5.41) is 3.75. The van der Waals surface area contributed by atoms with Crippen LogP contribution in [0.2, 0.25) is 0 Å². The van der Waals surface area contributed by atoms with Crippen molar-refractivity contribution in [2.45, 2.75) is 64.5 Å². The summed E-state index contributed by atoms with van der Waals surface area (Å²) in [4.78, 5) is 5.42. The van der Waals surface area contributed by atoms with Crippen LogP contribution in [0.4, 0.5) is 0 Å². The molecule has 3 nitrogen and oxygen atoms in total. The van der Waals surface area contributed by atoms with Gasteiger partial charge in [0.2, 0.25) is 0 Å². The first-order valence-electron chi connectivity index (χ1n) is 8.55. The predicted molar refractivity (Wildman–Crippen MR) is 82.6 cm³/mol. The van der Waals surface area contributed by atoms with Gasteiger partial charge in [0, 0.05) is 38.3 Å². The molecule has 2 atom stereocenters. The van der Waals surface area contributed by atoms with Crippen LogP contribution in [0.25, 0.3) is 0 Å². The molecule has 1 saturated heterocycles. The fraction of sp³-hybridized carbons (Fsp3) is 1.00. The molecule has 1 aliphatic heterocycles. The molecule has 0 spiro atoms. The fourth-order valence-electron chi connectivity index (χ4n) is 3.86. The molecule has 19 heavy (non-hydrogen) atoms. The Kier molecular flexibility index (Phi) is 6.62. The van der Waals surface area contributed by atoms with Gasteiger partial charge in [-0.2, -0.15) is 0 Å². The van der Waals surface area contributed by atoms with Crippen molar-refractivity contribution in [3.05, 3.63) is 0 Å². The van der Waals surface area contributed by atoms with Crippen molar-refractivity contribution < 1.29 is 0 Å². The van der Waals surface area contributed by atoms with Gasteiger partial charge in [-0.1, -0.05) is 33.1 Å². The molecule has 1 N–H and O–H groups in total. The van der Waals surface area contributed by atoms with Gasteiger partial charge in [0.15, 0.2) is 0 Å². The Hall–Kier alpha value is -0.120. The minimum atomic E-state index is 0.741. The molecule has 3 heteroatoms. The number of likely N-dealkylation sites (N-methyl/N-ethyl adjacent to an activating group) is 1. The van der Waals surface area contributed by atoms with Gasteiger partial charge in [-0.3, -0.25) is 4.90 Å². The highest BCUT2D eigenvalue weighted by atomic mass is 15.3. The Morgan fingerprint density at radius 1 is 0.947 bits per heavy atom. The zero-order chi connectivity index (χ0) is 13.5. The van der Waals surface area contributed by atoms with E-state index in [1.165, 1.54) is 71.2 Å². The van der Waals surface area contributed by atoms with Crippen molar-refractivity contribution in [1.29, 1.82) is 0 Å². The molecule has 0 aromatic rings. The Morgan fingerprint density at radius 2 is 1.68 bits per heavy atom. The van der Waals surface area contributed by atoms with Crippen LogP contribution in [-0.4, -0.2) is 61.2 Å². The van der Waals surface area contributed by atoms with E-state index in [1.807, 2.05) is 0 Å². The SMILES string of the molecule is CCCN1CCN(C2CCCCCC2NCC)CC1. The Morgan fingerprint density at radius 3 is 2.37 bits per heavy atom. The third-order valence-electron chi connectivity index (χ3n) is 4.86. The van der Waals surface area contributed by atoms with Crippen LogP contribution in [-0.2, 0) is 0 Å². The summed E-state index contributed by atoms with van der Waals surface area (Å²) in [6, 6.07) is 1.54. The average Bonchev–Trinajstić information content (AvgIpc) is 2.66. The smallest absolute Gasteiger partial charge is 0.0250 e. The first-order chi connectivity index (χ1) is 9.35. The summed E-state index contributed by atoms with van der Waals surface area (Å²) in [6.45, 7) is 12.1. The first-order valence-corrected chi connectivity index (χ1v) is 8.55. The van der Waals surface area contributed by atoms with E-state index in [0.29, 0.717) is 0 Å². The lowest BCUT2D eigenvalue weighted by molar-refractivity contribution is 0.0751. The van der Waals surface area contributed by atoms with Crippen LogP contribution in [0, 0.1) is 0 Å². The standard InChI is InChI=1S/C16H33N3/c1-3-10-18-11-13-19(14-12-18)16-9-7-5-6-8-15(16)17-4-2/h15-17H,3-14H2,1-2H3. The number of hydrogen-bond donors (Lipinski definition) is 1. The quantitative estimate of drug-likeness (QED) is 0.771. The zero-order valence-electron chi connectivity index (χ0n) is 13.0. The molecule has 2 aliphatic rings. The second kappa shape index (κ2) is 8.23. The highest BCUT2D eigenvalue weighted by molar-refractivity contribution is 4.89. The molecular formula is C16H33N3. The van der Waals surface area contributed by atoms with E-state index in [1.54, 1.807) is 0 Å². The van der Waals surface area contributed by atoms with Gasteiger partial charge in [0.25, 0.3) is 0 Å². The number of rotatable bonds is 5. The van der Waals surface area contributed by atoms with Crippen LogP contribution in [0.1, 0.15) is 52.4 Å². The summed E-state index contributed by atoms with van der Waals surface area (Å²) < 4.78 is 0. The van der Waals surface area contributed by atoms with Crippen molar-refractivity contribution in [2.75, 3.05) is 39.3 Å². The second-order valence-corrected chi connectivity index (χ2v) is 6.25. The summed E-state index contributed by atoms with van der Waals surface area (Å²) in [5.41, 5.74) is 0. The molecule has 2 fully saturated rings. The van der Waals surface area contributed by atoms with E-state index >= 15 is 0 Å². The van der Waals surface area contributed by atoms with Gasteiger partial charge in [-0.25, -0.2) is 0 Å². The molecule has 0 aromatic heterocycles. The lowest BCUT2D eigenvalue weighted by atomic mass is 10.00. The second-order valence-electron chi connectivity index (χ2n) is 6.25. The van der Waals surface area contributed by atoms with Crippen LogP contribution in [0.3, 0.4) is 0 Å². The predicted octanol–water partition coefficient (Wildman–Crippen LogP) is 2.32. The topological polar surface area (TPSA) is 18.5 Å². The maximum atomic E-state index is 3.75. The molecule has 0 amide bonds. The normalized spacial score (nSPS) is 31.3. The molecule has 2 unspecified atom stereocenters. The minimum Gasteiger partial charge on any atom is -0.313 e. The maximum Gasteiger partial charge on any atom is 0.0250 e. The van der Waals surface area contributed by atoms with E-state index in [4.69, 9.17) is 0 Å². The Balaban J connectivity index is 1.87. The summed E-state index contributed by atoms with van der Waals surface area (Å²) >= 11 is 0. The molecule has 2 rings (SSSR count). The van der Waals surface area contributed by atoms with E-state index in [-0.39, 0.29) is 0 Å². The minimum absolute atomic E-state index is 0.741. The van der Waals surface area contributed by atoms with Crippen LogP contribution in [0.5, 0.6) is 0 Å². The summed E-state index contributed by atoms with van der Waals surface area (Å²) in [5.74, 6) is 0. The van der Waals surface area contributed by atoms with Crippen molar-refractivity contribution in [1.82, 2.24) is 15.1 Å². The fourth-order valence-corrected chi connectivity index (χ4v) is 3.86. The van der Waals surface area contributed by atoms with Gasteiger partial charge in [0.1, 0.15) is 0 Å². The third-order valence-corrected chi connectivity index (χ3v) is 4.86. The number of piperazine rings is 1. The molecule has 0 radical (unpaired) electrons. The largest absolute Gasteiger partial charge is 0.313 e. The van der Waals surface area contributed by atoms with E-state index < -0.39 is 0 Å². The first kappa shape index (κ1) is 15.3. The summed E-state index contributed by atoms with van der Waals surface area (Å²) in [7, 11) is 0. The van der Waals surface area contributed by atoms with Gasteiger partial charge in [-0.15, -0.1) is 0 Å². The van der Waals surface area contributed by atoms with Crippen LogP contribution >= 0.6 is 0 Å². The summed E-state index contributed by atoms with van der Waals surface area (Å²) in [6.07, 6.45) is 8.38. The molecule has 1 saturated carbocycles. The Bertz CT molecular complexity index is 236. The average molecular weight is 267 g/mol. The number of nitrogens with zero attached hydrogens (tertiary/aromatic N) is 2. The molecule has 0 aromatic carbocycles. The van der Waals surface area contributed by atoms with E-state index in [9.17, 15) is 0 Å². The lowest BCUT2D eigenvalue weighted by Gasteiger charge is -2.42. The van der Waals surface area contributed by atoms with Gasteiger partial charge in [0.05, 0.1) is 0 Å². The van der Waals surface area contributed by atoms with Crippen molar-refractivity contribution in [3.63, 3.8) is 0 Å². The number of hydrogen-bond acceptors (Lipinski definition) is 3. The van der Waals surface area contributed by atoms with Crippen molar-refractivity contribution >= 4 is 0 Å². The van der Waals surface area contributed by atoms with Crippen LogP contribution in [0.15, 0.2) is 0 Å². The molecular weight excluding hydrogens is 234 g/mol. The zero-order valence-corrected chi connectivity index (χ0v) is 13.0. The molecule has 0 bridgehead atoms. The molecule has 1 aliphatic carbocycles. The van der Waals surface area contributed by atoms with Crippen molar-refractivity contribution in [3.8, 4) is 0 Å². The third kappa shape index (κ3) is 4.44. The number of nitrogens with one attached hydrogen (secondary N) is 1. The Labute approximate surface area is 119 Å². The highest BCUT2D eigenvalue weighted by Crippen LogP contribution is 2.23. The van der Waals surface area contributed by atoms with Gasteiger partial charge in [-0.05, 0) is 32.4 Å². The molecule has 112 valence electrons. The van der Waals surface area contributed by atoms with Gasteiger partial charge < -0.3 is 10.2 Å². The van der Waals surface area contributed by atoms with Gasteiger partial charge >= 0.3 is 0 Å². The van der Waals surface area contributed by atoms with Crippen molar-refractivity contribution in [2.24, 2.45) is 0 Å². The van der Waals surface area contributed by atoms with E-state index in [2.05, 4.69) is 29.0 Å². The maximum absolute atomic E-state index is 3.75. The highest BCUT2D eigenvalue weighted by Gasteiger charge is 2.30. The van der Waals surface area contributed by atoms with E-state index in [0.717, 1.165) is 18.6 Å². The molecule has 1 heterocycles.